The summed E-state index contributed by atoms with van der Waals surface area (Å²) >= 11 is 0. The molecule has 3 amide bonds. The number of likely N-dealkylation sites (tertiary alicyclic amines) is 1. The zero-order chi connectivity index (χ0) is 20.3. The first kappa shape index (κ1) is 20.0. The first-order valence-corrected chi connectivity index (χ1v) is 9.76. The molecule has 0 bridgehead atoms. The normalized spacial score (nSPS) is 26.1. The zero-order valence-corrected chi connectivity index (χ0v) is 16.0. The van der Waals surface area contributed by atoms with Gasteiger partial charge in [0.2, 0.25) is 17.7 Å². The van der Waals surface area contributed by atoms with Crippen LogP contribution in [0.4, 0.5) is 0 Å². The molecule has 4 atom stereocenters. The lowest BCUT2D eigenvalue weighted by Crippen LogP contribution is -2.55. The number of amides is 3. The summed E-state index contributed by atoms with van der Waals surface area (Å²) in [5, 5.41) is 2.81. The number of aromatic amines is 1. The summed E-state index contributed by atoms with van der Waals surface area (Å²) in [6.07, 6.45) is 6.03. The first-order chi connectivity index (χ1) is 13.4. The lowest BCUT2D eigenvalue weighted by molar-refractivity contribution is -0.142. The van der Waals surface area contributed by atoms with E-state index in [9.17, 15) is 19.2 Å². The highest BCUT2D eigenvalue weighted by atomic mass is 16.2. The fraction of sp³-hybridized carbons (Fsp3) is 0.632. The number of carbonyl (C=O) groups excluding carboxylic acids is 4. The third-order valence-electron chi connectivity index (χ3n) is 5.72. The maximum Gasteiger partial charge on any atom is 0.246 e. The summed E-state index contributed by atoms with van der Waals surface area (Å²) in [5.74, 6) is -1.54. The number of primary amides is 1. The predicted molar refractivity (Wildman–Crippen MR) is 99.7 cm³/mol. The van der Waals surface area contributed by atoms with E-state index < -0.39 is 23.9 Å². The number of hydrogen-bond donors (Lipinski definition) is 3. The van der Waals surface area contributed by atoms with Crippen molar-refractivity contribution in [2.75, 3.05) is 6.54 Å². The van der Waals surface area contributed by atoms with Gasteiger partial charge in [-0.2, -0.15) is 0 Å². The van der Waals surface area contributed by atoms with E-state index in [1.165, 1.54) is 11.2 Å². The van der Waals surface area contributed by atoms with Gasteiger partial charge in [-0.3, -0.25) is 19.2 Å². The molecule has 1 aromatic heterocycles. The highest BCUT2D eigenvalue weighted by Gasteiger charge is 2.41. The minimum Gasteiger partial charge on any atom is -0.368 e. The maximum atomic E-state index is 13.2. The topological polar surface area (TPSA) is 138 Å². The second-order valence-corrected chi connectivity index (χ2v) is 7.82. The van der Waals surface area contributed by atoms with E-state index >= 15 is 0 Å². The van der Waals surface area contributed by atoms with Gasteiger partial charge in [0.15, 0.2) is 0 Å². The van der Waals surface area contributed by atoms with Gasteiger partial charge >= 0.3 is 0 Å². The summed E-state index contributed by atoms with van der Waals surface area (Å²) in [7, 11) is 0. The van der Waals surface area contributed by atoms with Gasteiger partial charge in [0.25, 0.3) is 0 Å². The van der Waals surface area contributed by atoms with Gasteiger partial charge in [0, 0.05) is 43.6 Å². The fourth-order valence-electron chi connectivity index (χ4n) is 4.18. The first-order valence-electron chi connectivity index (χ1n) is 9.76. The summed E-state index contributed by atoms with van der Waals surface area (Å²) in [4.78, 5) is 57.9. The Morgan fingerprint density at radius 3 is 2.82 bits per heavy atom. The second-order valence-electron chi connectivity index (χ2n) is 7.82. The monoisotopic (exact) mass is 389 g/mol. The Bertz CT molecular complexity index is 748. The SMILES string of the molecule is CC1CCN(C(=O)[C@H](Cc2cnc[nH]2)NC(=O)C2CCCC(=O)C2)[C@@H]1C(N)=O. The number of ketones is 1. The van der Waals surface area contributed by atoms with Crippen LogP contribution in [-0.2, 0) is 25.6 Å². The van der Waals surface area contributed by atoms with Gasteiger partial charge in [0.05, 0.1) is 6.33 Å². The molecular formula is C19H27N5O4. The van der Waals surface area contributed by atoms with Crippen LogP contribution in [0.5, 0.6) is 0 Å². The number of H-pyrrole nitrogens is 1. The molecule has 152 valence electrons. The van der Waals surface area contributed by atoms with Crippen molar-refractivity contribution in [1.29, 1.82) is 0 Å². The molecule has 9 heteroatoms. The highest BCUT2D eigenvalue weighted by molar-refractivity contribution is 5.94. The Morgan fingerprint density at radius 1 is 1.39 bits per heavy atom. The van der Waals surface area contributed by atoms with E-state index in [4.69, 9.17) is 5.73 Å². The fourth-order valence-corrected chi connectivity index (χ4v) is 4.18. The summed E-state index contributed by atoms with van der Waals surface area (Å²) < 4.78 is 0. The smallest absolute Gasteiger partial charge is 0.246 e. The van der Waals surface area contributed by atoms with Crippen LogP contribution in [0.25, 0.3) is 0 Å². The molecule has 1 saturated heterocycles. The summed E-state index contributed by atoms with van der Waals surface area (Å²) in [6, 6.07) is -1.53. The van der Waals surface area contributed by atoms with Crippen LogP contribution in [0.2, 0.25) is 0 Å². The van der Waals surface area contributed by atoms with Gasteiger partial charge in [-0.05, 0) is 25.2 Å². The Hall–Kier alpha value is -2.71. The third kappa shape index (κ3) is 4.40. The van der Waals surface area contributed by atoms with Crippen LogP contribution in [0.3, 0.4) is 0 Å². The van der Waals surface area contributed by atoms with Gasteiger partial charge in [-0.25, -0.2) is 4.98 Å². The van der Waals surface area contributed by atoms with E-state index in [-0.39, 0.29) is 36.4 Å². The van der Waals surface area contributed by atoms with Gasteiger partial charge < -0.3 is 20.9 Å². The zero-order valence-electron chi connectivity index (χ0n) is 16.0. The predicted octanol–water partition coefficient (Wildman–Crippen LogP) is -0.0814. The minimum absolute atomic E-state index is 0.0269. The molecule has 2 unspecified atom stereocenters. The number of nitrogens with two attached hydrogens (primary N) is 1. The number of imidazole rings is 1. The number of nitrogens with zero attached hydrogens (tertiary/aromatic N) is 2. The summed E-state index contributed by atoms with van der Waals surface area (Å²) in [6.45, 7) is 2.31. The standard InChI is InChI=1S/C19H27N5O4/c1-11-5-6-24(16(11)17(20)26)19(28)15(8-13-9-21-10-22-13)23-18(27)12-3-2-4-14(25)7-12/h9-12,15-16H,2-8H2,1H3,(H2,20,26)(H,21,22)(H,23,27)/t11?,12?,15-,16-/m0/s1. The molecule has 3 rings (SSSR count). The van der Waals surface area contributed by atoms with Crippen LogP contribution in [-0.4, -0.2) is 57.0 Å². The minimum atomic E-state index is -0.850. The number of aromatic nitrogens is 2. The Balaban J connectivity index is 1.76. The molecule has 4 N–H and O–H groups in total. The van der Waals surface area contributed by atoms with Crippen molar-refractivity contribution < 1.29 is 19.2 Å². The molecule has 0 spiro atoms. The lowest BCUT2D eigenvalue weighted by atomic mass is 9.87. The Morgan fingerprint density at radius 2 is 2.18 bits per heavy atom. The number of nitrogens with one attached hydrogen (secondary N) is 2. The largest absolute Gasteiger partial charge is 0.368 e. The van der Waals surface area contributed by atoms with Crippen LogP contribution in [0.1, 0.15) is 44.7 Å². The van der Waals surface area contributed by atoms with E-state index in [2.05, 4.69) is 15.3 Å². The Labute approximate surface area is 163 Å². The molecule has 2 heterocycles. The molecule has 9 nitrogen and oxygen atoms in total. The number of hydrogen-bond acceptors (Lipinski definition) is 5. The average Bonchev–Trinajstić information content (AvgIpc) is 3.29. The van der Waals surface area contributed by atoms with Crippen molar-refractivity contribution in [3.05, 3.63) is 18.2 Å². The van der Waals surface area contributed by atoms with Crippen molar-refractivity contribution in [2.45, 2.75) is 57.5 Å². The number of rotatable bonds is 6. The van der Waals surface area contributed by atoms with Crippen molar-refractivity contribution in [3.8, 4) is 0 Å². The average molecular weight is 389 g/mol. The summed E-state index contributed by atoms with van der Waals surface area (Å²) in [5.41, 5.74) is 6.21. The van der Waals surface area contributed by atoms with Crippen LogP contribution in [0.15, 0.2) is 12.5 Å². The van der Waals surface area contributed by atoms with Gasteiger partial charge in [-0.15, -0.1) is 0 Å². The lowest BCUT2D eigenvalue weighted by Gasteiger charge is -2.30. The molecule has 0 radical (unpaired) electrons. The molecule has 2 fully saturated rings. The van der Waals surface area contributed by atoms with Crippen molar-refractivity contribution in [1.82, 2.24) is 20.2 Å². The van der Waals surface area contributed by atoms with Gasteiger partial charge in [-0.1, -0.05) is 6.92 Å². The molecule has 1 aromatic rings. The Kier molecular flexibility index (Phi) is 6.11. The van der Waals surface area contributed by atoms with Crippen molar-refractivity contribution in [2.24, 2.45) is 17.6 Å². The van der Waals surface area contributed by atoms with Crippen LogP contribution >= 0.6 is 0 Å². The molecule has 2 aliphatic rings. The van der Waals surface area contributed by atoms with Gasteiger partial charge in [0.1, 0.15) is 17.9 Å². The molecule has 0 aromatic carbocycles. The quantitative estimate of drug-likeness (QED) is 0.625. The van der Waals surface area contributed by atoms with Crippen molar-refractivity contribution in [3.63, 3.8) is 0 Å². The van der Waals surface area contributed by atoms with Crippen LogP contribution < -0.4 is 11.1 Å². The molecule has 1 saturated carbocycles. The van der Waals surface area contributed by atoms with E-state index in [0.29, 0.717) is 37.9 Å². The van der Waals surface area contributed by atoms with Crippen molar-refractivity contribution >= 4 is 23.5 Å². The molecule has 28 heavy (non-hydrogen) atoms. The number of Topliss-reactive ketones (excluding diaryl/α,β-unsaturated/α-hetero) is 1. The highest BCUT2D eigenvalue weighted by Crippen LogP contribution is 2.26. The van der Waals surface area contributed by atoms with Crippen LogP contribution in [0, 0.1) is 11.8 Å². The molecule has 1 aliphatic heterocycles. The van der Waals surface area contributed by atoms with E-state index in [1.807, 2.05) is 6.92 Å². The number of carbonyl (C=O) groups is 4. The third-order valence-corrected chi connectivity index (χ3v) is 5.72. The second kappa shape index (κ2) is 8.53. The van der Waals surface area contributed by atoms with E-state index in [0.717, 1.165) is 0 Å². The van der Waals surface area contributed by atoms with E-state index in [1.54, 1.807) is 6.20 Å². The maximum absolute atomic E-state index is 13.2. The molecule has 1 aliphatic carbocycles. The molecular weight excluding hydrogens is 362 g/mol.